The first-order valence-corrected chi connectivity index (χ1v) is 8.12. The van der Waals surface area contributed by atoms with Gasteiger partial charge in [0.15, 0.2) is 5.11 Å². The van der Waals surface area contributed by atoms with Crippen molar-refractivity contribution in [2.45, 2.75) is 6.92 Å². The van der Waals surface area contributed by atoms with E-state index in [-0.39, 0.29) is 17.2 Å². The van der Waals surface area contributed by atoms with Gasteiger partial charge >= 0.3 is 0 Å². The molecule has 1 aromatic heterocycles. The lowest BCUT2D eigenvalue weighted by atomic mass is 10.1. The minimum Gasteiger partial charge on any atom is -0.462 e. The van der Waals surface area contributed by atoms with Gasteiger partial charge in [-0.3, -0.25) is 19.8 Å². The first kappa shape index (κ1) is 16.9. The van der Waals surface area contributed by atoms with Crippen molar-refractivity contribution < 1.29 is 14.0 Å². The van der Waals surface area contributed by atoms with Gasteiger partial charge in [-0.2, -0.15) is 0 Å². The monoisotopic (exact) mass is 352 g/mol. The van der Waals surface area contributed by atoms with Crippen LogP contribution < -0.4 is 5.32 Å². The number of hydrogen-bond acceptors (Lipinski definition) is 4. The van der Waals surface area contributed by atoms with Crippen molar-refractivity contribution in [2.75, 3.05) is 6.54 Å². The van der Waals surface area contributed by atoms with E-state index in [1.54, 1.807) is 19.1 Å². The lowest BCUT2D eigenvalue weighted by molar-refractivity contribution is -0.128. The number of thiocarbonyl (C=S) groups is 1. The van der Waals surface area contributed by atoms with E-state index in [2.05, 4.69) is 5.32 Å². The summed E-state index contributed by atoms with van der Waals surface area (Å²) < 4.78 is 5.41. The molecular weight excluding hydrogens is 336 g/mol. The molecule has 6 heteroatoms. The van der Waals surface area contributed by atoms with Crippen molar-refractivity contribution in [3.05, 3.63) is 71.2 Å². The summed E-state index contributed by atoms with van der Waals surface area (Å²) in [5.41, 5.74) is 1.01. The zero-order valence-corrected chi connectivity index (χ0v) is 14.4. The molecule has 25 heavy (non-hydrogen) atoms. The number of nitrogens with one attached hydrogen (secondary N) is 1. The molecule has 3 rings (SSSR count). The molecule has 0 unspecified atom stereocenters. The maximum atomic E-state index is 12.6. The lowest BCUT2D eigenvalue weighted by Gasteiger charge is -2.27. The average Bonchev–Trinajstić information content (AvgIpc) is 3.00. The average molecular weight is 352 g/mol. The number of carbonyl (C=O) groups is 2. The number of carbonyl (C=O) groups excluding carboxylic acids is 2. The van der Waals surface area contributed by atoms with Crippen LogP contribution in [0.1, 0.15) is 17.1 Å². The molecule has 1 fully saturated rings. The van der Waals surface area contributed by atoms with Crippen LogP contribution in [0.4, 0.5) is 0 Å². The summed E-state index contributed by atoms with van der Waals surface area (Å²) in [6, 6.07) is 13.2. The second-order valence-electron chi connectivity index (χ2n) is 5.49. The van der Waals surface area contributed by atoms with Crippen molar-refractivity contribution in [1.29, 1.82) is 0 Å². The Labute approximate surface area is 150 Å². The topological polar surface area (TPSA) is 62.6 Å². The van der Waals surface area contributed by atoms with Gasteiger partial charge in [-0.1, -0.05) is 42.5 Å². The molecule has 0 radical (unpaired) electrons. The molecular formula is C19H16N2O3S. The van der Waals surface area contributed by atoms with Gasteiger partial charge in [-0.05, 0) is 42.9 Å². The highest BCUT2D eigenvalue weighted by Gasteiger charge is 2.32. The van der Waals surface area contributed by atoms with E-state index in [0.717, 1.165) is 5.56 Å². The van der Waals surface area contributed by atoms with Crippen LogP contribution in [-0.2, 0) is 9.59 Å². The van der Waals surface area contributed by atoms with Gasteiger partial charge in [0.1, 0.15) is 17.1 Å². The number of amides is 2. The van der Waals surface area contributed by atoms with Crippen LogP contribution in [0.2, 0.25) is 0 Å². The van der Waals surface area contributed by atoms with Gasteiger partial charge in [0.05, 0.1) is 0 Å². The molecule has 1 aliphatic heterocycles. The molecule has 2 amide bonds. The second kappa shape index (κ2) is 7.27. The number of benzene rings is 1. The van der Waals surface area contributed by atoms with Crippen LogP contribution in [0.25, 0.3) is 12.2 Å². The van der Waals surface area contributed by atoms with Crippen LogP contribution in [0, 0.1) is 6.92 Å². The molecule has 2 heterocycles. The fourth-order valence-electron chi connectivity index (χ4n) is 2.39. The molecule has 2 aromatic rings. The summed E-state index contributed by atoms with van der Waals surface area (Å²) >= 11 is 5.12. The van der Waals surface area contributed by atoms with Gasteiger partial charge in [0, 0.05) is 6.54 Å². The standard InChI is InChI=1S/C19H16N2O3S/c1-13-9-10-15(24-13)12-16-17(22)20-19(25)21(18(16)23)11-5-8-14-6-3-2-4-7-14/h2-10,12H,11H2,1H3,(H,20,22,25). The van der Waals surface area contributed by atoms with Crippen LogP contribution in [0.15, 0.2) is 58.5 Å². The third-order valence-electron chi connectivity index (χ3n) is 3.63. The third kappa shape index (κ3) is 3.92. The highest BCUT2D eigenvalue weighted by molar-refractivity contribution is 7.80. The maximum absolute atomic E-state index is 12.6. The molecule has 1 aliphatic rings. The summed E-state index contributed by atoms with van der Waals surface area (Å²) in [6.45, 7) is 2.06. The summed E-state index contributed by atoms with van der Waals surface area (Å²) in [4.78, 5) is 26.1. The van der Waals surface area contributed by atoms with Crippen molar-refractivity contribution in [3.8, 4) is 0 Å². The Balaban J connectivity index is 1.78. The van der Waals surface area contributed by atoms with Crippen molar-refractivity contribution in [2.24, 2.45) is 0 Å². The lowest BCUT2D eigenvalue weighted by Crippen LogP contribution is -2.53. The molecule has 1 saturated heterocycles. The zero-order chi connectivity index (χ0) is 17.8. The van der Waals surface area contributed by atoms with E-state index in [9.17, 15) is 9.59 Å². The molecule has 0 saturated carbocycles. The molecule has 0 bridgehead atoms. The van der Waals surface area contributed by atoms with E-state index in [0.29, 0.717) is 11.5 Å². The molecule has 0 spiro atoms. The predicted octanol–water partition coefficient (Wildman–Crippen LogP) is 2.93. The zero-order valence-electron chi connectivity index (χ0n) is 13.6. The maximum Gasteiger partial charge on any atom is 0.266 e. The van der Waals surface area contributed by atoms with Crippen molar-refractivity contribution in [1.82, 2.24) is 10.2 Å². The minimum absolute atomic E-state index is 0.00365. The Morgan fingerprint density at radius 1 is 1.16 bits per heavy atom. The summed E-state index contributed by atoms with van der Waals surface area (Å²) in [5.74, 6) is 0.185. The van der Waals surface area contributed by atoms with E-state index < -0.39 is 11.8 Å². The Kier molecular flexibility index (Phi) is 4.90. The molecule has 0 aliphatic carbocycles. The predicted molar refractivity (Wildman–Crippen MR) is 99.4 cm³/mol. The first-order chi connectivity index (χ1) is 12.0. The normalized spacial score (nSPS) is 16.8. The highest BCUT2D eigenvalue weighted by atomic mass is 32.1. The smallest absolute Gasteiger partial charge is 0.266 e. The molecule has 126 valence electrons. The number of nitrogens with zero attached hydrogens (tertiary/aromatic N) is 1. The minimum atomic E-state index is -0.521. The fourth-order valence-corrected chi connectivity index (χ4v) is 2.64. The van der Waals surface area contributed by atoms with Crippen molar-refractivity contribution >= 4 is 41.3 Å². The van der Waals surface area contributed by atoms with Gasteiger partial charge in [0.2, 0.25) is 0 Å². The third-order valence-corrected chi connectivity index (χ3v) is 3.95. The van der Waals surface area contributed by atoms with Gasteiger partial charge < -0.3 is 4.42 Å². The molecule has 5 nitrogen and oxygen atoms in total. The van der Waals surface area contributed by atoms with Gasteiger partial charge in [0.25, 0.3) is 11.8 Å². The summed E-state index contributed by atoms with van der Waals surface area (Å²) in [7, 11) is 0. The molecule has 0 atom stereocenters. The Morgan fingerprint density at radius 2 is 1.92 bits per heavy atom. The largest absolute Gasteiger partial charge is 0.462 e. The SMILES string of the molecule is Cc1ccc(C=C2C(=O)NC(=S)N(CC=Cc3ccccc3)C2=O)o1. The Bertz CT molecular complexity index is 881. The van der Waals surface area contributed by atoms with E-state index in [4.69, 9.17) is 16.6 Å². The second-order valence-corrected chi connectivity index (χ2v) is 5.88. The number of rotatable bonds is 4. The molecule has 1 aromatic carbocycles. The summed E-state index contributed by atoms with van der Waals surface area (Å²) in [6.07, 6.45) is 5.15. The van der Waals surface area contributed by atoms with Gasteiger partial charge in [-0.25, -0.2) is 0 Å². The Morgan fingerprint density at radius 3 is 2.60 bits per heavy atom. The number of furan rings is 1. The van der Waals surface area contributed by atoms with Gasteiger partial charge in [-0.15, -0.1) is 0 Å². The van der Waals surface area contributed by atoms with Crippen LogP contribution in [-0.4, -0.2) is 28.4 Å². The van der Waals surface area contributed by atoms with E-state index in [1.165, 1.54) is 11.0 Å². The quantitative estimate of drug-likeness (QED) is 0.522. The fraction of sp³-hybridized carbons (Fsp3) is 0.105. The highest BCUT2D eigenvalue weighted by Crippen LogP contribution is 2.16. The van der Waals surface area contributed by atoms with Crippen LogP contribution in [0.3, 0.4) is 0 Å². The first-order valence-electron chi connectivity index (χ1n) is 7.71. The number of hydrogen-bond donors (Lipinski definition) is 1. The van der Waals surface area contributed by atoms with Crippen LogP contribution in [0.5, 0.6) is 0 Å². The molecule has 1 N–H and O–H groups in total. The summed E-state index contributed by atoms with van der Waals surface area (Å²) in [5, 5.41) is 2.64. The number of aryl methyl sites for hydroxylation is 1. The van der Waals surface area contributed by atoms with Crippen molar-refractivity contribution in [3.63, 3.8) is 0 Å². The van der Waals surface area contributed by atoms with Crippen LogP contribution >= 0.6 is 12.2 Å². The van der Waals surface area contributed by atoms with E-state index >= 15 is 0 Å². The van der Waals surface area contributed by atoms with E-state index in [1.807, 2.05) is 42.5 Å². The Hall–Kier alpha value is -2.99.